The molecule has 0 saturated heterocycles. The smallest absolute Gasteiger partial charge is 0.662 e. The van der Waals surface area contributed by atoms with Crippen molar-refractivity contribution in [1.82, 2.24) is 19.9 Å². The number of aromatic amines is 1. The summed E-state index contributed by atoms with van der Waals surface area (Å²) in [5.74, 6) is -2.44. The van der Waals surface area contributed by atoms with Crippen LogP contribution in [-0.2, 0) is 9.68 Å². The number of aromatic nitrogens is 4. The number of rotatable bonds is 7. The molecule has 41 heavy (non-hydrogen) atoms. The minimum absolute atomic E-state index is 0. The molecule has 0 radical (unpaired) electrons. The Morgan fingerprint density at radius 3 is 2.05 bits per heavy atom. The molecule has 1 N–H and O–H groups in total. The molecule has 0 amide bonds. The summed E-state index contributed by atoms with van der Waals surface area (Å²) < 4.78 is 73.5. The Hall–Kier alpha value is 0.893. The predicted octanol–water partition coefficient (Wildman–Crippen LogP) is 1.90. The predicted molar refractivity (Wildman–Crippen MR) is 144 cm³/mol. The number of thiazole rings is 2. The van der Waals surface area contributed by atoms with Gasteiger partial charge in [0.15, 0.2) is 25.6 Å². The number of nitrogens with one attached hydrogen (secondary N) is 1. The van der Waals surface area contributed by atoms with E-state index in [4.69, 9.17) is 22.3 Å². The van der Waals surface area contributed by atoms with E-state index in [1.165, 1.54) is 23.1 Å². The van der Waals surface area contributed by atoms with Gasteiger partial charge in [-0.1, -0.05) is 27.7 Å². The van der Waals surface area contributed by atoms with Crippen LogP contribution in [0.4, 0.5) is 26.3 Å². The molecule has 0 fully saturated rings. The summed E-state index contributed by atoms with van der Waals surface area (Å²) in [5, 5.41) is 8.66. The van der Waals surface area contributed by atoms with Crippen LogP contribution in [0.25, 0.3) is 20.7 Å². The molecule has 0 aromatic carbocycles. The van der Waals surface area contributed by atoms with Crippen molar-refractivity contribution in [1.29, 1.82) is 0 Å². The van der Waals surface area contributed by atoms with Crippen LogP contribution in [0.2, 0.25) is 0 Å². The van der Waals surface area contributed by atoms with Gasteiger partial charge in [-0.25, -0.2) is 23.7 Å². The molecular formula is C21H16BrF6K2N4O3S4+. The number of alkyl halides is 1. The van der Waals surface area contributed by atoms with Crippen molar-refractivity contribution < 1.29 is 144 Å². The molecule has 20 heteroatoms. The van der Waals surface area contributed by atoms with Crippen LogP contribution < -0.4 is 108 Å². The number of fused-ring (bicyclic) bond motifs is 2. The van der Waals surface area contributed by atoms with E-state index in [0.717, 1.165) is 19.0 Å². The van der Waals surface area contributed by atoms with Crippen LogP contribution in [0, 0.1) is 3.95 Å². The zero-order valence-electron chi connectivity index (χ0n) is 21.2. The molecule has 0 aliphatic carbocycles. The third kappa shape index (κ3) is 19.1. The van der Waals surface area contributed by atoms with Gasteiger partial charge in [-0.2, -0.15) is 17.6 Å². The molecule has 4 aromatic heterocycles. The average Bonchev–Trinajstić information content (AvgIpc) is 3.51. The van der Waals surface area contributed by atoms with Gasteiger partial charge in [0.2, 0.25) is 0 Å². The van der Waals surface area contributed by atoms with E-state index in [2.05, 4.69) is 40.8 Å². The molecule has 4 aromatic rings. The van der Waals surface area contributed by atoms with E-state index in [0.29, 0.717) is 9.99 Å². The van der Waals surface area contributed by atoms with Gasteiger partial charge in [0.05, 0.1) is 9.40 Å². The normalized spacial score (nSPS) is 9.27. The Kier molecular flexibility index (Phi) is 28.1. The van der Waals surface area contributed by atoms with E-state index in [1.54, 1.807) is 29.8 Å². The van der Waals surface area contributed by atoms with Crippen molar-refractivity contribution in [2.75, 3.05) is 11.1 Å². The topological polar surface area (TPSA) is 104 Å². The third-order valence-corrected chi connectivity index (χ3v) is 7.39. The number of nitrogens with zero attached hydrogens (tertiary/aromatic N) is 3. The molecule has 0 bridgehead atoms. The minimum atomic E-state index is -2.24. The maximum atomic E-state index is 12.5. The van der Waals surface area contributed by atoms with Gasteiger partial charge in [0.1, 0.15) is 5.65 Å². The van der Waals surface area contributed by atoms with Crippen LogP contribution in [0.15, 0.2) is 64.8 Å². The minimum Gasteiger partial charge on any atom is -0.662 e. The zero-order chi connectivity index (χ0) is 29.2. The number of carbonyl (C=O) groups is 1. The summed E-state index contributed by atoms with van der Waals surface area (Å²) in [7, 11) is 0. The van der Waals surface area contributed by atoms with Crippen LogP contribution in [0.3, 0.4) is 0 Å². The summed E-state index contributed by atoms with van der Waals surface area (Å²) in [5.41, 5.74) is 1.52. The van der Waals surface area contributed by atoms with Gasteiger partial charge in [-0.3, -0.25) is 4.79 Å². The number of hydrogen-bond acceptors (Lipinski definition) is 10. The first kappa shape index (κ1) is 44.0. The first-order valence-corrected chi connectivity index (χ1v) is 14.2. The van der Waals surface area contributed by atoms with Crippen molar-refractivity contribution in [3.8, 4) is 0 Å². The van der Waals surface area contributed by atoms with Gasteiger partial charge in [-0.05, 0) is 36.5 Å². The van der Waals surface area contributed by atoms with Gasteiger partial charge in [0, 0.05) is 36.3 Å². The van der Waals surface area contributed by atoms with Crippen molar-refractivity contribution >= 4 is 89.7 Å². The zero-order valence-corrected chi connectivity index (χ0v) is 32.3. The van der Waals surface area contributed by atoms with Crippen molar-refractivity contribution in [3.63, 3.8) is 0 Å². The fourth-order valence-electron chi connectivity index (χ4n) is 2.10. The molecule has 0 saturated carbocycles. The molecule has 0 spiro atoms. The SMILES string of the molecule is FC(F)=C(F)CCBr.FC(F)=C(F)CCSc1nc2ncccc2s1.O=CO[O-].S=c1[nH]c2ncccc2s1.[K+].[K+]. The molecule has 0 unspecified atom stereocenters. The van der Waals surface area contributed by atoms with Crippen molar-refractivity contribution in [3.05, 3.63) is 64.4 Å². The van der Waals surface area contributed by atoms with Gasteiger partial charge >= 0.3 is 115 Å². The Bertz CT molecular complexity index is 1370. The number of pyridine rings is 2. The molecule has 4 rings (SSSR count). The Balaban J connectivity index is 0. The first-order valence-electron chi connectivity index (χ1n) is 10.1. The van der Waals surface area contributed by atoms with Gasteiger partial charge in [0.25, 0.3) is 6.47 Å². The Labute approximate surface area is 340 Å². The summed E-state index contributed by atoms with van der Waals surface area (Å²) in [6.45, 7) is -0.181. The van der Waals surface area contributed by atoms with E-state index < -0.39 is 23.8 Å². The first-order chi connectivity index (χ1) is 18.6. The molecule has 0 aliphatic heterocycles. The average molecular weight is 773 g/mol. The fourth-order valence-corrected chi connectivity index (χ4v) is 5.53. The quantitative estimate of drug-likeness (QED) is 0.0445. The van der Waals surface area contributed by atoms with E-state index in [-0.39, 0.29) is 133 Å². The Morgan fingerprint density at radius 1 is 1.00 bits per heavy atom. The second-order valence-electron chi connectivity index (χ2n) is 6.23. The number of halogens is 7. The second kappa shape index (κ2) is 26.1. The second-order valence-corrected chi connectivity index (χ2v) is 11.1. The Morgan fingerprint density at radius 2 is 1.56 bits per heavy atom. The number of carbonyl (C=O) groups excluding carboxylic acids is 1. The molecular weight excluding hydrogens is 757 g/mol. The standard InChI is InChI=1S/C10H7F3N2S2.C6H4N2S2.C4H4BrF3.CH2O3.2K/c11-6(8(12)13)3-5-16-10-15-9-7(17-10)2-1-4-14-9;9-6-8-5-4(10-6)2-1-3-7-5;5-2-1-3(6)4(7)8;2-1-4-3;;/h1-2,4H,3,5H2;1-3H,(H,7,8,9);1-2H2;1,3H;;/q;;;;2*+1/p-1. The summed E-state index contributed by atoms with van der Waals surface area (Å²) in [4.78, 5) is 26.6. The molecule has 4 heterocycles. The van der Waals surface area contributed by atoms with Crippen LogP contribution in [0.5, 0.6) is 0 Å². The van der Waals surface area contributed by atoms with Crippen LogP contribution in [0.1, 0.15) is 12.8 Å². The molecule has 7 nitrogen and oxygen atoms in total. The van der Waals surface area contributed by atoms with Gasteiger partial charge < -0.3 is 15.1 Å². The number of allylic oxidation sites excluding steroid dienone is 2. The van der Waals surface area contributed by atoms with E-state index in [1.807, 2.05) is 18.2 Å². The molecule has 0 aliphatic rings. The maximum absolute atomic E-state index is 12.5. The fraction of sp³-hybridized carbons (Fsp3) is 0.190. The van der Waals surface area contributed by atoms with Gasteiger partial charge in [-0.15, -0.1) is 22.7 Å². The van der Waals surface area contributed by atoms with E-state index >= 15 is 0 Å². The van der Waals surface area contributed by atoms with Crippen molar-refractivity contribution in [2.24, 2.45) is 0 Å². The monoisotopic (exact) mass is 771 g/mol. The summed E-state index contributed by atoms with van der Waals surface area (Å²) >= 11 is 12.0. The number of thioether (sulfide) groups is 1. The molecule has 212 valence electrons. The summed E-state index contributed by atoms with van der Waals surface area (Å²) in [6.07, 6.45) is -1.59. The van der Waals surface area contributed by atoms with Crippen molar-refractivity contribution in [2.45, 2.75) is 17.2 Å². The third-order valence-electron chi connectivity index (χ3n) is 3.65. The summed E-state index contributed by atoms with van der Waals surface area (Å²) in [6, 6.07) is 7.59. The largest absolute Gasteiger partial charge is 1.00 e. The van der Waals surface area contributed by atoms with Crippen LogP contribution in [-0.4, -0.2) is 37.5 Å². The number of hydrogen-bond donors (Lipinski definition) is 1. The van der Waals surface area contributed by atoms with E-state index in [9.17, 15) is 26.3 Å². The number of H-pyrrole nitrogens is 1. The maximum Gasteiger partial charge on any atom is 1.00 e. The van der Waals surface area contributed by atoms with Crippen LogP contribution >= 0.6 is 62.6 Å². The molecule has 0 atom stereocenters.